The third-order valence-electron chi connectivity index (χ3n) is 5.47. The Morgan fingerprint density at radius 3 is 2.66 bits per heavy atom. The molecule has 0 aromatic carbocycles. The van der Waals surface area contributed by atoms with Crippen molar-refractivity contribution in [2.24, 2.45) is 17.4 Å². The van der Waals surface area contributed by atoms with Crippen LogP contribution in [0.4, 0.5) is 9.93 Å². The molecule has 0 unspecified atom stereocenters. The van der Waals surface area contributed by atoms with Crippen LogP contribution in [0, 0.1) is 12.8 Å². The Labute approximate surface area is 181 Å². The van der Waals surface area contributed by atoms with Crippen LogP contribution in [0.25, 0.3) is 5.70 Å². The van der Waals surface area contributed by atoms with Gasteiger partial charge in [0.15, 0.2) is 5.13 Å². The van der Waals surface area contributed by atoms with Crippen molar-refractivity contribution in [3.8, 4) is 0 Å². The average molecular weight is 438 g/mol. The molecule has 1 fully saturated rings. The van der Waals surface area contributed by atoms with E-state index < -0.39 is 11.4 Å². The summed E-state index contributed by atoms with van der Waals surface area (Å²) in [5, 5.41) is 5.12. The molecule has 5 N–H and O–H groups in total. The van der Waals surface area contributed by atoms with Gasteiger partial charge in [-0.3, -0.25) is 10.1 Å². The number of nitrogens with zero attached hydrogens (tertiary/aromatic N) is 2. The molecule has 2 rings (SSSR count). The molecule has 29 heavy (non-hydrogen) atoms. The Kier molecular flexibility index (Phi) is 7.76. The van der Waals surface area contributed by atoms with Crippen LogP contribution in [-0.2, 0) is 4.79 Å². The zero-order chi connectivity index (χ0) is 21.8. The minimum atomic E-state index is -0.968. The number of nitrogens with two attached hydrogens (primary N) is 2. The SMILES string of the molecule is C=C(S/C=C(\N)c1sc(NC(=O)N2CCC[C@@]2(C)C(N)=O)nc1C)C(CC)CC. The minimum absolute atomic E-state index is 0.372. The number of primary amides is 1. The average Bonchev–Trinajstić information content (AvgIpc) is 3.24. The van der Waals surface area contributed by atoms with E-state index in [0.29, 0.717) is 29.7 Å². The maximum Gasteiger partial charge on any atom is 0.324 e. The van der Waals surface area contributed by atoms with Gasteiger partial charge in [0, 0.05) is 12.0 Å². The van der Waals surface area contributed by atoms with Crippen LogP contribution in [0.5, 0.6) is 0 Å². The van der Waals surface area contributed by atoms with Crippen LogP contribution in [-0.4, -0.2) is 33.9 Å². The maximum absolute atomic E-state index is 12.7. The molecule has 1 saturated heterocycles. The number of aromatic nitrogens is 1. The van der Waals surface area contributed by atoms with Crippen LogP contribution in [0.3, 0.4) is 0 Å². The number of aryl methyl sites for hydroxylation is 1. The number of hydrogen-bond donors (Lipinski definition) is 3. The Balaban J connectivity index is 2.10. The molecule has 0 saturated carbocycles. The summed E-state index contributed by atoms with van der Waals surface area (Å²) in [6.07, 6.45) is 3.40. The smallest absolute Gasteiger partial charge is 0.324 e. The predicted octanol–water partition coefficient (Wildman–Crippen LogP) is 4.26. The lowest BCUT2D eigenvalue weighted by atomic mass is 9.98. The molecule has 1 aliphatic heterocycles. The number of anilines is 1. The largest absolute Gasteiger partial charge is 0.397 e. The fraction of sp³-hybridized carbons (Fsp3) is 0.550. The molecule has 9 heteroatoms. The number of amides is 3. The number of thioether (sulfide) groups is 1. The van der Waals surface area contributed by atoms with E-state index in [1.54, 1.807) is 18.7 Å². The van der Waals surface area contributed by atoms with Crippen molar-refractivity contribution in [2.75, 3.05) is 11.9 Å². The number of rotatable bonds is 8. The van der Waals surface area contributed by atoms with E-state index in [1.807, 2.05) is 12.3 Å². The Morgan fingerprint density at radius 2 is 2.07 bits per heavy atom. The number of allylic oxidation sites excluding steroid dienone is 1. The standard InChI is InChI=1S/C20H31N5O2S2/c1-6-14(7-2)13(4)28-11-15(21)16-12(3)23-18(29-16)24-19(27)25-10-8-9-20(25,5)17(22)26/h11,14H,4,6-10,21H2,1-3,5H3,(H2,22,26)(H,23,24,27)/b15-11-/t20-/m0/s1. The van der Waals surface area contributed by atoms with E-state index >= 15 is 0 Å². The highest BCUT2D eigenvalue weighted by molar-refractivity contribution is 8.06. The highest BCUT2D eigenvalue weighted by Gasteiger charge is 2.44. The van der Waals surface area contributed by atoms with Gasteiger partial charge in [-0.2, -0.15) is 0 Å². The monoisotopic (exact) mass is 437 g/mol. The second-order valence-electron chi connectivity index (χ2n) is 7.43. The van der Waals surface area contributed by atoms with Crippen LogP contribution in [0.1, 0.15) is 57.0 Å². The van der Waals surface area contributed by atoms with Crippen molar-refractivity contribution in [1.82, 2.24) is 9.88 Å². The van der Waals surface area contributed by atoms with Crippen LogP contribution in [0.2, 0.25) is 0 Å². The van der Waals surface area contributed by atoms with Crippen LogP contribution >= 0.6 is 23.1 Å². The first-order chi connectivity index (χ1) is 13.6. The zero-order valence-corrected chi connectivity index (χ0v) is 19.2. The summed E-state index contributed by atoms with van der Waals surface area (Å²) in [6, 6.07) is -0.372. The fourth-order valence-electron chi connectivity index (χ4n) is 3.45. The third kappa shape index (κ3) is 5.14. The fourth-order valence-corrected chi connectivity index (χ4v) is 5.34. The van der Waals surface area contributed by atoms with Crippen molar-refractivity contribution in [3.05, 3.63) is 27.5 Å². The zero-order valence-electron chi connectivity index (χ0n) is 17.6. The van der Waals surface area contributed by atoms with E-state index in [0.717, 1.165) is 34.7 Å². The number of carbonyl (C=O) groups excluding carboxylic acids is 2. The first-order valence-electron chi connectivity index (χ1n) is 9.81. The second-order valence-corrected chi connectivity index (χ2v) is 9.42. The lowest BCUT2D eigenvalue weighted by Crippen LogP contribution is -2.55. The normalized spacial score (nSPS) is 19.6. The molecule has 0 radical (unpaired) electrons. The van der Waals surface area contributed by atoms with Gasteiger partial charge in [-0.05, 0) is 50.4 Å². The molecule has 160 valence electrons. The summed E-state index contributed by atoms with van der Waals surface area (Å²) in [5.41, 5.74) is 12.1. The van der Waals surface area contributed by atoms with Crippen LogP contribution < -0.4 is 16.8 Å². The van der Waals surface area contributed by atoms with Crippen molar-refractivity contribution in [2.45, 2.75) is 58.9 Å². The summed E-state index contributed by atoms with van der Waals surface area (Å²) >= 11 is 2.85. The lowest BCUT2D eigenvalue weighted by molar-refractivity contribution is -0.126. The third-order valence-corrected chi connectivity index (χ3v) is 7.60. The minimum Gasteiger partial charge on any atom is -0.397 e. The lowest BCUT2D eigenvalue weighted by Gasteiger charge is -2.31. The van der Waals surface area contributed by atoms with E-state index in [-0.39, 0.29) is 6.03 Å². The van der Waals surface area contributed by atoms with Gasteiger partial charge in [0.2, 0.25) is 5.91 Å². The maximum atomic E-state index is 12.7. The number of urea groups is 1. The van der Waals surface area contributed by atoms with Crippen LogP contribution in [0.15, 0.2) is 16.9 Å². The number of carbonyl (C=O) groups is 2. The van der Waals surface area contributed by atoms with Crippen molar-refractivity contribution in [1.29, 1.82) is 0 Å². The summed E-state index contributed by atoms with van der Waals surface area (Å²) in [7, 11) is 0. The summed E-state index contributed by atoms with van der Waals surface area (Å²) < 4.78 is 0. The van der Waals surface area contributed by atoms with E-state index in [4.69, 9.17) is 11.5 Å². The molecule has 1 aromatic rings. The molecule has 1 aliphatic rings. The quantitative estimate of drug-likeness (QED) is 0.562. The number of hydrogen-bond acceptors (Lipinski definition) is 6. The van der Waals surface area contributed by atoms with Gasteiger partial charge < -0.3 is 16.4 Å². The number of thiazole rings is 1. The predicted molar refractivity (Wildman–Crippen MR) is 122 cm³/mol. The van der Waals surface area contributed by atoms with Gasteiger partial charge in [0.05, 0.1) is 16.3 Å². The molecule has 1 aromatic heterocycles. The number of nitrogens with one attached hydrogen (secondary N) is 1. The van der Waals surface area contributed by atoms with E-state index in [9.17, 15) is 9.59 Å². The van der Waals surface area contributed by atoms with Gasteiger partial charge in [0.25, 0.3) is 0 Å². The molecule has 1 atom stereocenters. The molecule has 0 spiro atoms. The second kappa shape index (κ2) is 9.67. The molecule has 3 amide bonds. The molecule has 2 heterocycles. The van der Waals surface area contributed by atoms with Gasteiger partial charge in [-0.15, -0.1) is 11.8 Å². The topological polar surface area (TPSA) is 114 Å². The molecular weight excluding hydrogens is 406 g/mol. The molecule has 0 aliphatic carbocycles. The summed E-state index contributed by atoms with van der Waals surface area (Å²) in [5.74, 6) is -0.0375. The number of likely N-dealkylation sites (tertiary alicyclic amines) is 1. The van der Waals surface area contributed by atoms with Gasteiger partial charge in [0.1, 0.15) is 5.54 Å². The Bertz CT molecular complexity index is 816. The van der Waals surface area contributed by atoms with E-state index in [1.165, 1.54) is 16.2 Å². The van der Waals surface area contributed by atoms with Gasteiger partial charge in [-0.1, -0.05) is 31.8 Å². The van der Waals surface area contributed by atoms with E-state index in [2.05, 4.69) is 30.7 Å². The van der Waals surface area contributed by atoms with Crippen molar-refractivity contribution < 1.29 is 9.59 Å². The first kappa shape index (κ1) is 23.3. The van der Waals surface area contributed by atoms with Crippen molar-refractivity contribution >= 4 is 45.9 Å². The Hall–Kier alpha value is -2.00. The van der Waals surface area contributed by atoms with Crippen molar-refractivity contribution in [3.63, 3.8) is 0 Å². The Morgan fingerprint density at radius 1 is 1.41 bits per heavy atom. The van der Waals surface area contributed by atoms with Gasteiger partial charge in [-0.25, -0.2) is 9.78 Å². The highest BCUT2D eigenvalue weighted by atomic mass is 32.2. The summed E-state index contributed by atoms with van der Waals surface area (Å²) in [6.45, 7) is 12.5. The molecule has 0 bridgehead atoms. The summed E-state index contributed by atoms with van der Waals surface area (Å²) in [4.78, 5) is 32.3. The molecule has 7 nitrogen and oxygen atoms in total. The van der Waals surface area contributed by atoms with Gasteiger partial charge >= 0.3 is 6.03 Å². The first-order valence-corrected chi connectivity index (χ1v) is 11.5. The highest BCUT2D eigenvalue weighted by Crippen LogP contribution is 2.34. The molecular formula is C20H31N5O2S2.